The van der Waals surface area contributed by atoms with Gasteiger partial charge >= 0.3 is 5.69 Å². The van der Waals surface area contributed by atoms with E-state index in [0.29, 0.717) is 61.4 Å². The molecule has 0 radical (unpaired) electrons. The number of pyridine rings is 2. The molecule has 5 heterocycles. The van der Waals surface area contributed by atoms with Crippen LogP contribution in [0.4, 0.5) is 20.3 Å². The zero-order valence-corrected chi connectivity index (χ0v) is 25.3. The molecular weight excluding hydrogens is 564 g/mol. The van der Waals surface area contributed by atoms with Crippen molar-refractivity contribution < 1.29 is 13.6 Å². The summed E-state index contributed by atoms with van der Waals surface area (Å²) < 4.78 is 33.1. The molecule has 1 atom stereocenters. The van der Waals surface area contributed by atoms with Gasteiger partial charge in [-0.15, -0.1) is 0 Å². The van der Waals surface area contributed by atoms with Gasteiger partial charge < -0.3 is 14.7 Å². The SMILES string of the molecule is C=CC(=O)N1CCN(c2nc(=O)n3c4nc(c(F)cc24)-c2c(F)cccc2CCCN(C)c2ccnc(C(C)C)c2-3)[C@@H](C)C1. The predicted octanol–water partition coefficient (Wildman–Crippen LogP) is 4.85. The molecule has 44 heavy (non-hydrogen) atoms. The summed E-state index contributed by atoms with van der Waals surface area (Å²) in [5.41, 5.74) is 2.07. The lowest BCUT2D eigenvalue weighted by Gasteiger charge is -2.40. The Balaban J connectivity index is 1.70. The molecule has 0 unspecified atom stereocenters. The Kier molecular flexibility index (Phi) is 7.65. The first-order chi connectivity index (χ1) is 21.1. The van der Waals surface area contributed by atoms with Crippen molar-refractivity contribution in [3.8, 4) is 16.9 Å². The molecule has 6 rings (SSSR count). The fourth-order valence-electron chi connectivity index (χ4n) is 6.39. The van der Waals surface area contributed by atoms with Crippen molar-refractivity contribution in [1.29, 1.82) is 0 Å². The van der Waals surface area contributed by atoms with Crippen molar-refractivity contribution in [1.82, 2.24) is 24.4 Å². The van der Waals surface area contributed by atoms with Crippen LogP contribution in [0.5, 0.6) is 0 Å². The third-order valence-electron chi connectivity index (χ3n) is 8.58. The Labute approximate surface area is 254 Å². The van der Waals surface area contributed by atoms with Gasteiger partial charge in [0.25, 0.3) is 0 Å². The summed E-state index contributed by atoms with van der Waals surface area (Å²) in [4.78, 5) is 46.2. The van der Waals surface area contributed by atoms with E-state index in [1.54, 1.807) is 23.2 Å². The summed E-state index contributed by atoms with van der Waals surface area (Å²) in [5.74, 6) is -1.28. The minimum atomic E-state index is -0.713. The molecule has 0 N–H and O–H groups in total. The minimum absolute atomic E-state index is 0.0681. The van der Waals surface area contributed by atoms with Gasteiger partial charge in [0, 0.05) is 51.0 Å². The van der Waals surface area contributed by atoms with E-state index in [9.17, 15) is 9.59 Å². The van der Waals surface area contributed by atoms with Crippen molar-refractivity contribution in [3.63, 3.8) is 0 Å². The van der Waals surface area contributed by atoms with Crippen molar-refractivity contribution in [2.75, 3.05) is 43.0 Å². The van der Waals surface area contributed by atoms with Crippen LogP contribution in [-0.4, -0.2) is 69.6 Å². The first-order valence-corrected chi connectivity index (χ1v) is 14.9. The first kappa shape index (κ1) is 29.4. The zero-order chi connectivity index (χ0) is 31.3. The Hall–Kier alpha value is -4.67. The Morgan fingerprint density at radius 2 is 1.91 bits per heavy atom. The third kappa shape index (κ3) is 4.89. The largest absolute Gasteiger partial charge is 0.373 e. The lowest BCUT2D eigenvalue weighted by Crippen LogP contribution is -2.54. The molecule has 2 aliphatic rings. The molecule has 1 saturated heterocycles. The zero-order valence-electron chi connectivity index (χ0n) is 25.3. The molecule has 3 aromatic heterocycles. The number of aryl methyl sites for hydroxylation is 1. The number of nitrogens with zero attached hydrogens (tertiary/aromatic N) is 7. The van der Waals surface area contributed by atoms with Crippen LogP contribution < -0.4 is 15.5 Å². The lowest BCUT2D eigenvalue weighted by atomic mass is 9.98. The highest BCUT2D eigenvalue weighted by Crippen LogP contribution is 2.37. The van der Waals surface area contributed by atoms with Gasteiger partial charge in [-0.05, 0) is 55.5 Å². The van der Waals surface area contributed by atoms with Gasteiger partial charge in [-0.25, -0.2) is 23.1 Å². The summed E-state index contributed by atoms with van der Waals surface area (Å²) in [6.07, 6.45) is 4.17. The van der Waals surface area contributed by atoms with E-state index in [1.165, 1.54) is 22.8 Å². The molecule has 0 aliphatic carbocycles. The molecular formula is C33H35F2N7O2. The van der Waals surface area contributed by atoms with Gasteiger partial charge in [0.1, 0.15) is 23.1 Å². The van der Waals surface area contributed by atoms with Crippen molar-refractivity contribution in [3.05, 3.63) is 82.6 Å². The van der Waals surface area contributed by atoms with E-state index in [-0.39, 0.29) is 40.6 Å². The monoisotopic (exact) mass is 599 g/mol. The van der Waals surface area contributed by atoms with Crippen molar-refractivity contribution in [2.45, 2.75) is 45.6 Å². The third-order valence-corrected chi connectivity index (χ3v) is 8.58. The van der Waals surface area contributed by atoms with Gasteiger partial charge in [-0.2, -0.15) is 4.98 Å². The standard InChI is InChI=1S/C33H35F2N7O2/c1-6-26(43)40-15-16-41(20(4)18-40)31-22-17-24(35)29-27-21(9-7-11-23(27)34)10-8-14-39(5)25-12-13-36-28(19(2)3)30(25)42(32(22)37-29)33(44)38-31/h6-7,9,11-13,17,19-20H,1,8,10,14-16,18H2,2-5H3/t20-/m0/s1. The first-order valence-electron chi connectivity index (χ1n) is 14.9. The summed E-state index contributed by atoms with van der Waals surface area (Å²) >= 11 is 0. The Morgan fingerprint density at radius 1 is 1.11 bits per heavy atom. The highest BCUT2D eigenvalue weighted by Gasteiger charge is 2.31. The average Bonchev–Trinajstić information content (AvgIpc) is 2.99. The van der Waals surface area contributed by atoms with Gasteiger partial charge in [-0.1, -0.05) is 32.6 Å². The number of anilines is 2. The maximum Gasteiger partial charge on any atom is 0.355 e. The fraction of sp³-hybridized carbons (Fsp3) is 0.364. The number of hydrogen-bond donors (Lipinski definition) is 0. The summed E-state index contributed by atoms with van der Waals surface area (Å²) in [5, 5.41) is 0.309. The second kappa shape index (κ2) is 11.4. The van der Waals surface area contributed by atoms with E-state index in [0.717, 1.165) is 5.69 Å². The van der Waals surface area contributed by atoms with Crippen LogP contribution >= 0.6 is 0 Å². The van der Waals surface area contributed by atoms with Crippen molar-refractivity contribution in [2.24, 2.45) is 0 Å². The maximum absolute atomic E-state index is 16.2. The molecule has 4 aromatic rings. The van der Waals surface area contributed by atoms with E-state index in [4.69, 9.17) is 4.98 Å². The number of amides is 1. The second-order valence-electron chi connectivity index (χ2n) is 11.8. The van der Waals surface area contributed by atoms with Crippen LogP contribution in [0.3, 0.4) is 0 Å². The van der Waals surface area contributed by atoms with Crippen molar-refractivity contribution >= 4 is 28.4 Å². The number of piperazine rings is 1. The molecule has 9 nitrogen and oxygen atoms in total. The Bertz CT molecular complexity index is 1850. The molecule has 228 valence electrons. The van der Waals surface area contributed by atoms with E-state index >= 15 is 8.78 Å². The molecule has 1 amide bonds. The number of benzene rings is 1. The number of halogens is 2. The minimum Gasteiger partial charge on any atom is -0.373 e. The molecule has 11 heteroatoms. The molecule has 0 spiro atoms. The molecule has 2 aliphatic heterocycles. The topological polar surface area (TPSA) is 87.5 Å². The highest BCUT2D eigenvalue weighted by molar-refractivity contribution is 5.92. The fourth-order valence-corrected chi connectivity index (χ4v) is 6.39. The van der Waals surface area contributed by atoms with E-state index < -0.39 is 17.3 Å². The average molecular weight is 600 g/mol. The van der Waals surface area contributed by atoms with Crippen LogP contribution in [0.15, 0.2) is 54.0 Å². The van der Waals surface area contributed by atoms with E-state index in [1.807, 2.05) is 38.8 Å². The Morgan fingerprint density at radius 3 is 2.64 bits per heavy atom. The van der Waals surface area contributed by atoms with Gasteiger partial charge in [0.05, 0.1) is 22.5 Å². The van der Waals surface area contributed by atoms with Gasteiger partial charge in [0.15, 0.2) is 5.65 Å². The lowest BCUT2D eigenvalue weighted by molar-refractivity contribution is -0.126. The van der Waals surface area contributed by atoms with Crippen LogP contribution in [-0.2, 0) is 11.2 Å². The molecule has 1 aromatic carbocycles. The molecule has 1 fully saturated rings. The number of carbonyl (C=O) groups excluding carboxylic acids is 1. The summed E-state index contributed by atoms with van der Waals surface area (Å²) in [6, 6.07) is 7.64. The quantitative estimate of drug-likeness (QED) is 0.311. The number of rotatable bonds is 3. The summed E-state index contributed by atoms with van der Waals surface area (Å²) in [7, 11) is 1.94. The molecule has 2 bridgehead atoms. The smallest absolute Gasteiger partial charge is 0.355 e. The molecule has 0 saturated carbocycles. The second-order valence-corrected chi connectivity index (χ2v) is 11.8. The van der Waals surface area contributed by atoms with Crippen LogP contribution in [0.2, 0.25) is 0 Å². The number of fused-ring (bicyclic) bond motifs is 5. The predicted molar refractivity (Wildman–Crippen MR) is 168 cm³/mol. The van der Waals surface area contributed by atoms with Gasteiger partial charge in [0.2, 0.25) is 5.91 Å². The van der Waals surface area contributed by atoms with Crippen LogP contribution in [0, 0.1) is 11.6 Å². The number of hydrogen-bond acceptors (Lipinski definition) is 7. The highest BCUT2D eigenvalue weighted by atomic mass is 19.1. The van der Waals surface area contributed by atoms with Gasteiger partial charge in [-0.3, -0.25) is 9.78 Å². The normalized spacial score (nSPS) is 16.9. The van der Waals surface area contributed by atoms with Crippen LogP contribution in [0.1, 0.15) is 44.4 Å². The maximum atomic E-state index is 16.2. The van der Waals surface area contributed by atoms with Crippen LogP contribution in [0.25, 0.3) is 28.0 Å². The number of carbonyl (C=O) groups is 1. The number of aromatic nitrogens is 4. The van der Waals surface area contributed by atoms with E-state index in [2.05, 4.69) is 21.4 Å². The summed E-state index contributed by atoms with van der Waals surface area (Å²) in [6.45, 7) is 11.2.